The van der Waals surface area contributed by atoms with Crippen LogP contribution in [0.5, 0.6) is 0 Å². The van der Waals surface area contributed by atoms with Crippen molar-refractivity contribution < 1.29 is 5.11 Å². The summed E-state index contributed by atoms with van der Waals surface area (Å²) >= 11 is 0. The molecule has 3 nitrogen and oxygen atoms in total. The van der Waals surface area contributed by atoms with Gasteiger partial charge >= 0.3 is 0 Å². The molecule has 3 heteroatoms. The lowest BCUT2D eigenvalue weighted by Crippen LogP contribution is -2.10. The summed E-state index contributed by atoms with van der Waals surface area (Å²) in [5, 5.41) is 14.2. The Balaban J connectivity index is 2.24. The average molecular weight is 280 g/mol. The number of nitrogens with one attached hydrogen (secondary N) is 1. The van der Waals surface area contributed by atoms with Crippen LogP contribution in [0.4, 0.5) is 5.69 Å². The predicted octanol–water partition coefficient (Wildman–Crippen LogP) is 3.60. The third-order valence-electron chi connectivity index (χ3n) is 3.74. The van der Waals surface area contributed by atoms with Crippen LogP contribution >= 0.6 is 0 Å². The first-order valence-corrected chi connectivity index (χ1v) is 7.25. The van der Waals surface area contributed by atoms with Crippen LogP contribution in [0.25, 0.3) is 16.6 Å². The predicted molar refractivity (Wildman–Crippen MR) is 88.2 cm³/mol. The molecule has 0 amide bonds. The van der Waals surface area contributed by atoms with Crippen molar-refractivity contribution in [1.29, 1.82) is 0 Å². The van der Waals surface area contributed by atoms with Gasteiger partial charge in [-0.15, -0.1) is 0 Å². The van der Waals surface area contributed by atoms with E-state index in [2.05, 4.69) is 52.5 Å². The van der Waals surface area contributed by atoms with Crippen molar-refractivity contribution in [3.8, 4) is 5.69 Å². The maximum atomic E-state index is 9.77. The van der Waals surface area contributed by atoms with Crippen molar-refractivity contribution in [2.24, 2.45) is 0 Å². The summed E-state index contributed by atoms with van der Waals surface area (Å²) in [5.74, 6) is 0. The molecule has 0 aliphatic carbocycles. The number of rotatable bonds is 4. The fourth-order valence-corrected chi connectivity index (χ4v) is 2.84. The molecule has 1 heterocycles. The first kappa shape index (κ1) is 13.7. The van der Waals surface area contributed by atoms with Crippen LogP contribution in [-0.2, 0) is 6.42 Å². The smallest absolute Gasteiger partial charge is 0.0721 e. The Morgan fingerprint density at radius 3 is 2.67 bits per heavy atom. The zero-order valence-corrected chi connectivity index (χ0v) is 12.4. The molecule has 1 unspecified atom stereocenters. The molecule has 0 aliphatic heterocycles. The highest BCUT2D eigenvalue weighted by Gasteiger charge is 2.13. The summed E-state index contributed by atoms with van der Waals surface area (Å²) in [6.07, 6.45) is 2.36. The third kappa shape index (κ3) is 2.52. The molecule has 1 atom stereocenters. The number of anilines is 1. The van der Waals surface area contributed by atoms with Crippen molar-refractivity contribution in [2.75, 3.05) is 12.4 Å². The van der Waals surface area contributed by atoms with E-state index < -0.39 is 0 Å². The molecule has 2 aromatic carbocycles. The topological polar surface area (TPSA) is 37.2 Å². The summed E-state index contributed by atoms with van der Waals surface area (Å²) in [6.45, 7) is 1.82. The number of aliphatic hydroxyl groups is 1. The normalized spacial score (nSPS) is 12.5. The van der Waals surface area contributed by atoms with Gasteiger partial charge in [-0.2, -0.15) is 0 Å². The van der Waals surface area contributed by atoms with Gasteiger partial charge in [-0.3, -0.25) is 0 Å². The summed E-state index contributed by atoms with van der Waals surface area (Å²) in [5.41, 5.74) is 4.49. The molecule has 0 saturated carbocycles. The van der Waals surface area contributed by atoms with E-state index >= 15 is 0 Å². The molecule has 0 saturated heterocycles. The largest absolute Gasteiger partial charge is 0.393 e. The number of nitrogens with zero attached hydrogens (tertiary/aromatic N) is 1. The average Bonchev–Trinajstić information content (AvgIpc) is 2.90. The van der Waals surface area contributed by atoms with E-state index in [1.807, 2.05) is 26.1 Å². The lowest BCUT2D eigenvalue weighted by molar-refractivity contribution is 0.195. The molecule has 0 radical (unpaired) electrons. The summed E-state index contributed by atoms with van der Waals surface area (Å²) in [6, 6.07) is 16.6. The number of aromatic nitrogens is 1. The second-order valence-corrected chi connectivity index (χ2v) is 5.36. The lowest BCUT2D eigenvalue weighted by atomic mass is 10.0. The molecule has 1 aromatic heterocycles. The Morgan fingerprint density at radius 2 is 1.90 bits per heavy atom. The molecule has 0 fully saturated rings. The monoisotopic (exact) mass is 280 g/mol. The van der Waals surface area contributed by atoms with E-state index in [1.165, 1.54) is 10.9 Å². The van der Waals surface area contributed by atoms with Crippen molar-refractivity contribution in [3.63, 3.8) is 0 Å². The molecule has 2 N–H and O–H groups in total. The maximum Gasteiger partial charge on any atom is 0.0721 e. The van der Waals surface area contributed by atoms with Gasteiger partial charge in [0.05, 0.1) is 23.0 Å². The maximum absolute atomic E-state index is 9.77. The van der Waals surface area contributed by atoms with Gasteiger partial charge in [-0.1, -0.05) is 30.3 Å². The van der Waals surface area contributed by atoms with Gasteiger partial charge in [0.25, 0.3) is 0 Å². The van der Waals surface area contributed by atoms with Crippen LogP contribution < -0.4 is 5.32 Å². The minimum absolute atomic E-state index is 0.363. The first-order chi connectivity index (χ1) is 10.2. The van der Waals surface area contributed by atoms with Crippen LogP contribution in [0.15, 0.2) is 54.7 Å². The third-order valence-corrected chi connectivity index (χ3v) is 3.74. The van der Waals surface area contributed by atoms with Crippen molar-refractivity contribution in [3.05, 3.63) is 60.3 Å². The lowest BCUT2D eigenvalue weighted by Gasteiger charge is -2.17. The zero-order chi connectivity index (χ0) is 14.8. The van der Waals surface area contributed by atoms with E-state index in [0.29, 0.717) is 6.42 Å². The first-order valence-electron chi connectivity index (χ1n) is 7.25. The molecule has 108 valence electrons. The van der Waals surface area contributed by atoms with Gasteiger partial charge in [0.15, 0.2) is 0 Å². The summed E-state index contributed by atoms with van der Waals surface area (Å²) in [4.78, 5) is 0. The Kier molecular flexibility index (Phi) is 3.67. The van der Waals surface area contributed by atoms with Gasteiger partial charge < -0.3 is 15.0 Å². The van der Waals surface area contributed by atoms with Gasteiger partial charge in [0.1, 0.15) is 0 Å². The number of para-hydroxylation sites is 2. The molecule has 0 spiro atoms. The van der Waals surface area contributed by atoms with E-state index in [1.54, 1.807) is 0 Å². The zero-order valence-electron chi connectivity index (χ0n) is 12.4. The highest BCUT2D eigenvalue weighted by molar-refractivity contribution is 5.84. The van der Waals surface area contributed by atoms with Gasteiger partial charge in [-0.25, -0.2) is 0 Å². The minimum Gasteiger partial charge on any atom is -0.393 e. The Hall–Kier alpha value is -2.26. The fourth-order valence-electron chi connectivity index (χ4n) is 2.84. The minimum atomic E-state index is -0.363. The summed E-state index contributed by atoms with van der Waals surface area (Å²) in [7, 11) is 1.93. The van der Waals surface area contributed by atoms with Crippen LogP contribution in [-0.4, -0.2) is 22.8 Å². The van der Waals surface area contributed by atoms with Crippen molar-refractivity contribution in [1.82, 2.24) is 4.57 Å². The number of aliphatic hydroxyl groups excluding tert-OH is 1. The Bertz CT molecular complexity index is 759. The molecule has 0 bridgehead atoms. The molecule has 3 rings (SSSR count). The Labute approximate surface area is 124 Å². The van der Waals surface area contributed by atoms with Crippen LogP contribution in [0, 0.1) is 0 Å². The second kappa shape index (κ2) is 5.62. The SMILES string of the molecule is CNc1cccc(CC(C)O)c1-n1ccc2ccccc21. The van der Waals surface area contributed by atoms with E-state index in [9.17, 15) is 5.11 Å². The van der Waals surface area contributed by atoms with Gasteiger partial charge in [0.2, 0.25) is 0 Å². The van der Waals surface area contributed by atoms with Crippen LogP contribution in [0.1, 0.15) is 12.5 Å². The molecule has 3 aromatic rings. The fraction of sp³-hybridized carbons (Fsp3) is 0.222. The quantitative estimate of drug-likeness (QED) is 0.766. The second-order valence-electron chi connectivity index (χ2n) is 5.36. The number of hydrogen-bond acceptors (Lipinski definition) is 2. The molecule has 21 heavy (non-hydrogen) atoms. The molecule has 0 aliphatic rings. The van der Waals surface area contributed by atoms with E-state index in [0.717, 1.165) is 16.9 Å². The highest BCUT2D eigenvalue weighted by Crippen LogP contribution is 2.29. The highest BCUT2D eigenvalue weighted by atomic mass is 16.3. The Morgan fingerprint density at radius 1 is 1.10 bits per heavy atom. The molecular weight excluding hydrogens is 260 g/mol. The standard InChI is InChI=1S/C18H20N2O/c1-13(21)12-15-7-5-8-16(19-2)18(15)20-11-10-14-6-3-4-9-17(14)20/h3-11,13,19,21H,12H2,1-2H3. The van der Waals surface area contributed by atoms with Crippen molar-refractivity contribution >= 4 is 16.6 Å². The van der Waals surface area contributed by atoms with Crippen LogP contribution in [0.3, 0.4) is 0 Å². The molecular formula is C18H20N2O. The number of fused-ring (bicyclic) bond motifs is 1. The van der Waals surface area contributed by atoms with E-state index in [4.69, 9.17) is 0 Å². The van der Waals surface area contributed by atoms with E-state index in [-0.39, 0.29) is 6.10 Å². The summed E-state index contributed by atoms with van der Waals surface area (Å²) < 4.78 is 2.19. The van der Waals surface area contributed by atoms with Crippen LogP contribution in [0.2, 0.25) is 0 Å². The van der Waals surface area contributed by atoms with Gasteiger partial charge in [0, 0.05) is 19.7 Å². The number of hydrogen-bond donors (Lipinski definition) is 2. The number of benzene rings is 2. The van der Waals surface area contributed by atoms with Crippen molar-refractivity contribution in [2.45, 2.75) is 19.4 Å². The van der Waals surface area contributed by atoms with Gasteiger partial charge in [-0.05, 0) is 36.1 Å².